The average Bonchev–Trinajstić information content (AvgIpc) is 3.01. The Labute approximate surface area is 152 Å². The quantitative estimate of drug-likeness (QED) is 0.377. The Kier molecular flexibility index (Phi) is 4.02. The van der Waals surface area contributed by atoms with Crippen LogP contribution >= 0.6 is 11.3 Å². The molecule has 0 aliphatic heterocycles. The lowest BCUT2D eigenvalue weighted by molar-refractivity contribution is 0.0957. The van der Waals surface area contributed by atoms with Gasteiger partial charge in [0.15, 0.2) is 0 Å². The van der Waals surface area contributed by atoms with Gasteiger partial charge in [-0.25, -0.2) is 5.43 Å². The van der Waals surface area contributed by atoms with Crippen molar-refractivity contribution in [2.24, 2.45) is 5.10 Å². The maximum atomic E-state index is 12.3. The van der Waals surface area contributed by atoms with E-state index in [4.69, 9.17) is 0 Å². The Morgan fingerprint density at radius 3 is 2.46 bits per heavy atom. The molecule has 3 N–H and O–H groups in total. The molecule has 4 aromatic rings. The van der Waals surface area contributed by atoms with Crippen molar-refractivity contribution in [3.63, 3.8) is 0 Å². The molecule has 0 unspecified atom stereocenters. The second-order valence-corrected chi connectivity index (χ2v) is 6.75. The first-order valence-corrected chi connectivity index (χ1v) is 8.71. The number of phenols is 1. The molecule has 1 aromatic heterocycles. The molecule has 0 atom stereocenters. The van der Waals surface area contributed by atoms with Crippen LogP contribution in [0, 0.1) is 0 Å². The lowest BCUT2D eigenvalue weighted by Gasteiger charge is -2.04. The summed E-state index contributed by atoms with van der Waals surface area (Å²) in [5.41, 5.74) is 2.88. The van der Waals surface area contributed by atoms with Gasteiger partial charge in [-0.05, 0) is 23.6 Å². The molecule has 0 saturated heterocycles. The van der Waals surface area contributed by atoms with Crippen LogP contribution in [0.15, 0.2) is 65.8 Å². The highest BCUT2D eigenvalue weighted by Crippen LogP contribution is 2.36. The number of nitrogens with one attached hydrogen (secondary N) is 1. The van der Waals surface area contributed by atoms with Crippen molar-refractivity contribution in [1.82, 2.24) is 5.43 Å². The summed E-state index contributed by atoms with van der Waals surface area (Å²) in [5, 5.41) is 26.7. The zero-order chi connectivity index (χ0) is 18.1. The smallest absolute Gasteiger partial charge is 0.285 e. The largest absolute Gasteiger partial charge is 0.507 e. The topological polar surface area (TPSA) is 81.9 Å². The zero-order valence-electron chi connectivity index (χ0n) is 13.5. The first-order valence-electron chi connectivity index (χ1n) is 7.90. The maximum Gasteiger partial charge on any atom is 0.285 e. The number of carbonyl (C=O) groups excluding carboxylic acids is 1. The minimum Gasteiger partial charge on any atom is -0.507 e. The molecule has 1 amide bonds. The van der Waals surface area contributed by atoms with Crippen LogP contribution in [0.3, 0.4) is 0 Å². The van der Waals surface area contributed by atoms with E-state index in [0.717, 1.165) is 10.1 Å². The van der Waals surface area contributed by atoms with Crippen LogP contribution < -0.4 is 5.43 Å². The Hall–Kier alpha value is -3.38. The molecule has 0 fully saturated rings. The number of amides is 1. The Morgan fingerprint density at radius 1 is 0.923 bits per heavy atom. The summed E-state index contributed by atoms with van der Waals surface area (Å²) in [6.45, 7) is 0. The van der Waals surface area contributed by atoms with Gasteiger partial charge in [0, 0.05) is 21.0 Å². The number of fused-ring (bicyclic) bond motifs is 2. The molecule has 0 aliphatic carbocycles. The van der Waals surface area contributed by atoms with Crippen LogP contribution in [0.5, 0.6) is 11.5 Å². The van der Waals surface area contributed by atoms with Crippen molar-refractivity contribution < 1.29 is 15.0 Å². The first-order chi connectivity index (χ1) is 12.6. The fourth-order valence-electron chi connectivity index (χ4n) is 2.77. The van der Waals surface area contributed by atoms with Gasteiger partial charge in [-0.15, -0.1) is 11.3 Å². The van der Waals surface area contributed by atoms with E-state index in [1.807, 2.05) is 42.5 Å². The van der Waals surface area contributed by atoms with E-state index in [0.29, 0.717) is 16.3 Å². The molecule has 0 saturated carbocycles. The molecular weight excluding hydrogens is 348 g/mol. The fourth-order valence-corrected chi connectivity index (χ4v) is 3.76. The number of hydrazone groups is 1. The van der Waals surface area contributed by atoms with Crippen LogP contribution in [0.2, 0.25) is 0 Å². The second-order valence-electron chi connectivity index (χ2n) is 5.70. The van der Waals surface area contributed by atoms with E-state index >= 15 is 0 Å². The summed E-state index contributed by atoms with van der Waals surface area (Å²) in [6.07, 6.45) is 1.38. The van der Waals surface area contributed by atoms with Gasteiger partial charge in [0.2, 0.25) is 0 Å². The van der Waals surface area contributed by atoms with Crippen molar-refractivity contribution in [3.8, 4) is 11.5 Å². The number of benzene rings is 3. The third kappa shape index (κ3) is 2.76. The Morgan fingerprint density at radius 2 is 1.65 bits per heavy atom. The highest BCUT2D eigenvalue weighted by Gasteiger charge is 2.17. The number of rotatable bonds is 3. The van der Waals surface area contributed by atoms with E-state index in [2.05, 4.69) is 10.5 Å². The van der Waals surface area contributed by atoms with Gasteiger partial charge in [0.1, 0.15) is 16.4 Å². The summed E-state index contributed by atoms with van der Waals surface area (Å²) in [4.78, 5) is 12.5. The molecule has 0 aliphatic rings. The number of hydrogen-bond donors (Lipinski definition) is 3. The van der Waals surface area contributed by atoms with Crippen LogP contribution in [0.1, 0.15) is 15.2 Å². The van der Waals surface area contributed by atoms with Crippen molar-refractivity contribution >= 4 is 44.3 Å². The summed E-state index contributed by atoms with van der Waals surface area (Å²) in [6, 6.07) is 18.3. The molecule has 0 bridgehead atoms. The van der Waals surface area contributed by atoms with E-state index in [-0.39, 0.29) is 16.4 Å². The lowest BCUT2D eigenvalue weighted by Crippen LogP contribution is -2.16. The number of phenolic OH excluding ortho intramolecular Hbond substituents is 1. The zero-order valence-corrected chi connectivity index (χ0v) is 14.3. The van der Waals surface area contributed by atoms with Crippen LogP contribution in [0.4, 0.5) is 0 Å². The highest BCUT2D eigenvalue weighted by molar-refractivity contribution is 7.21. The predicted molar refractivity (Wildman–Crippen MR) is 104 cm³/mol. The standard InChI is InChI=1S/C20H14N2O3S/c23-17-13(10-9-12-5-1-2-6-14(12)17)11-21-22-20(25)19-18(24)15-7-3-4-8-16(15)26-19/h1-11,23-24H,(H,22,25)/b21-11+. The second kappa shape index (κ2) is 6.50. The molecule has 1 heterocycles. The molecular formula is C20H14N2O3S. The summed E-state index contributed by atoms with van der Waals surface area (Å²) in [5.74, 6) is -0.446. The number of nitrogens with zero attached hydrogens (tertiary/aromatic N) is 1. The van der Waals surface area contributed by atoms with Gasteiger partial charge in [0.25, 0.3) is 5.91 Å². The van der Waals surface area contributed by atoms with Gasteiger partial charge < -0.3 is 10.2 Å². The Bertz CT molecular complexity index is 1160. The van der Waals surface area contributed by atoms with Crippen molar-refractivity contribution in [2.75, 3.05) is 0 Å². The first kappa shape index (κ1) is 16.1. The number of hydrogen-bond acceptors (Lipinski definition) is 5. The summed E-state index contributed by atoms with van der Waals surface area (Å²) < 4.78 is 0.825. The Balaban J connectivity index is 1.57. The molecule has 6 heteroatoms. The molecule has 0 spiro atoms. The van der Waals surface area contributed by atoms with E-state index in [1.54, 1.807) is 18.2 Å². The van der Waals surface area contributed by atoms with E-state index in [9.17, 15) is 15.0 Å². The van der Waals surface area contributed by atoms with Crippen molar-refractivity contribution in [1.29, 1.82) is 0 Å². The molecule has 4 rings (SSSR count). The van der Waals surface area contributed by atoms with Gasteiger partial charge in [-0.2, -0.15) is 5.10 Å². The van der Waals surface area contributed by atoms with Gasteiger partial charge in [-0.3, -0.25) is 4.79 Å². The third-order valence-corrected chi connectivity index (χ3v) is 5.24. The van der Waals surface area contributed by atoms with Crippen LogP contribution in [-0.2, 0) is 0 Å². The molecule has 3 aromatic carbocycles. The molecule has 128 valence electrons. The number of carbonyl (C=O) groups is 1. The van der Waals surface area contributed by atoms with Crippen molar-refractivity contribution in [3.05, 3.63) is 71.1 Å². The van der Waals surface area contributed by atoms with Gasteiger partial charge >= 0.3 is 0 Å². The monoisotopic (exact) mass is 362 g/mol. The average molecular weight is 362 g/mol. The van der Waals surface area contributed by atoms with Crippen LogP contribution in [0.25, 0.3) is 20.9 Å². The summed E-state index contributed by atoms with van der Waals surface area (Å²) in [7, 11) is 0. The van der Waals surface area contributed by atoms with E-state index in [1.165, 1.54) is 17.6 Å². The number of thiophene rings is 1. The molecule has 0 radical (unpaired) electrons. The van der Waals surface area contributed by atoms with Crippen LogP contribution in [-0.4, -0.2) is 22.3 Å². The normalized spacial score (nSPS) is 11.4. The van der Waals surface area contributed by atoms with Crippen molar-refractivity contribution in [2.45, 2.75) is 0 Å². The minimum atomic E-state index is -0.500. The van der Waals surface area contributed by atoms with Gasteiger partial charge in [-0.1, -0.05) is 42.5 Å². The summed E-state index contributed by atoms with van der Waals surface area (Å²) >= 11 is 1.20. The predicted octanol–water partition coefficient (Wildman–Crippen LogP) is 4.23. The van der Waals surface area contributed by atoms with Gasteiger partial charge in [0.05, 0.1) is 6.21 Å². The highest BCUT2D eigenvalue weighted by atomic mass is 32.1. The maximum absolute atomic E-state index is 12.3. The SMILES string of the molecule is O=C(N/N=C/c1ccc2ccccc2c1O)c1sc2ccccc2c1O. The third-order valence-electron chi connectivity index (χ3n) is 4.08. The van der Waals surface area contributed by atoms with E-state index < -0.39 is 5.91 Å². The minimum absolute atomic E-state index is 0.0492. The lowest BCUT2D eigenvalue weighted by atomic mass is 10.1. The fraction of sp³-hybridized carbons (Fsp3) is 0. The molecule has 26 heavy (non-hydrogen) atoms. The number of aromatic hydroxyl groups is 2. The molecule has 5 nitrogen and oxygen atoms in total.